The van der Waals surface area contributed by atoms with Gasteiger partial charge >= 0.3 is 0 Å². The Morgan fingerprint density at radius 3 is 1.82 bits per heavy atom. The first kappa shape index (κ1) is 27.6. The van der Waals surface area contributed by atoms with E-state index in [4.69, 9.17) is 0 Å². The number of carbonyl (C=O) groups excluding carboxylic acids is 4. The van der Waals surface area contributed by atoms with E-state index in [1.165, 1.54) is 16.3 Å². The summed E-state index contributed by atoms with van der Waals surface area (Å²) in [5.41, 5.74) is 3.21. The fraction of sp³-hybridized carbons (Fsp3) is 0.333. The Kier molecular flexibility index (Phi) is 7.55. The van der Waals surface area contributed by atoms with Crippen LogP contribution in [0.3, 0.4) is 0 Å². The van der Waals surface area contributed by atoms with Crippen LogP contribution in [0.15, 0.2) is 66.7 Å². The van der Waals surface area contributed by atoms with Crippen molar-refractivity contribution in [3.63, 3.8) is 0 Å². The maximum absolute atomic E-state index is 13.5. The van der Waals surface area contributed by atoms with Gasteiger partial charge < -0.3 is 0 Å². The minimum Gasteiger partial charge on any atom is -0.294 e. The number of Topliss-reactive ketones (excluding diaryl/α,β-unsaturated/α-hetero) is 4. The second-order valence-electron chi connectivity index (χ2n) is 11.7. The summed E-state index contributed by atoms with van der Waals surface area (Å²) in [6.45, 7) is 10.2. The number of fused-ring (bicyclic) bond motifs is 1. The first-order chi connectivity index (χ1) is 19.1. The van der Waals surface area contributed by atoms with Gasteiger partial charge in [0.05, 0.1) is 0 Å². The molecule has 3 unspecified atom stereocenters. The molecule has 0 aliphatic heterocycles. The highest BCUT2D eigenvalue weighted by molar-refractivity contribution is 6.28. The van der Waals surface area contributed by atoms with E-state index in [2.05, 4.69) is 63.2 Å². The van der Waals surface area contributed by atoms with Gasteiger partial charge in [-0.3, -0.25) is 19.2 Å². The third-order valence-electron chi connectivity index (χ3n) is 9.02. The van der Waals surface area contributed by atoms with Gasteiger partial charge in [0.15, 0.2) is 23.1 Å². The molecule has 4 heteroatoms. The molecule has 0 radical (unpaired) electrons. The molecule has 0 fully saturated rings. The quantitative estimate of drug-likeness (QED) is 0.265. The molecule has 3 atom stereocenters. The van der Waals surface area contributed by atoms with Crippen LogP contribution in [0.4, 0.5) is 0 Å². The molecule has 0 saturated carbocycles. The summed E-state index contributed by atoms with van der Waals surface area (Å²) in [6, 6.07) is 21.6. The van der Waals surface area contributed by atoms with Crippen LogP contribution >= 0.6 is 0 Å². The van der Waals surface area contributed by atoms with Crippen LogP contribution in [0, 0.1) is 30.6 Å². The zero-order chi connectivity index (χ0) is 28.7. The Bertz CT molecular complexity index is 1670. The lowest BCUT2D eigenvalue weighted by atomic mass is 9.78. The minimum absolute atomic E-state index is 0.0541. The molecule has 6 rings (SSSR count). The first-order valence-corrected chi connectivity index (χ1v) is 14.3. The summed E-state index contributed by atoms with van der Waals surface area (Å²) in [7, 11) is 0. The van der Waals surface area contributed by atoms with E-state index in [-0.39, 0.29) is 53.7 Å². The molecule has 2 aliphatic rings. The normalized spacial score (nSPS) is 19.4. The van der Waals surface area contributed by atoms with Gasteiger partial charge in [0.2, 0.25) is 0 Å². The van der Waals surface area contributed by atoms with Crippen LogP contribution in [0.5, 0.6) is 0 Å². The Balaban J connectivity index is 0.000000244. The molecule has 4 aromatic rings. The lowest BCUT2D eigenvalue weighted by Crippen LogP contribution is -2.26. The van der Waals surface area contributed by atoms with Crippen LogP contribution in [0.1, 0.15) is 94.0 Å². The van der Waals surface area contributed by atoms with Gasteiger partial charge in [-0.25, -0.2) is 0 Å². The van der Waals surface area contributed by atoms with Crippen LogP contribution < -0.4 is 0 Å². The predicted molar refractivity (Wildman–Crippen MR) is 160 cm³/mol. The van der Waals surface area contributed by atoms with E-state index in [1.807, 2.05) is 13.8 Å². The highest BCUT2D eigenvalue weighted by Crippen LogP contribution is 2.41. The van der Waals surface area contributed by atoms with Gasteiger partial charge in [0, 0.05) is 57.7 Å². The van der Waals surface area contributed by atoms with E-state index in [1.54, 1.807) is 24.3 Å². The van der Waals surface area contributed by atoms with Crippen LogP contribution in [-0.2, 0) is 0 Å². The summed E-state index contributed by atoms with van der Waals surface area (Å²) in [6.07, 6.45) is 0.916. The zero-order valence-corrected chi connectivity index (χ0v) is 23.9. The van der Waals surface area contributed by atoms with Gasteiger partial charge in [0.25, 0.3) is 0 Å². The number of ketones is 4. The highest BCUT2D eigenvalue weighted by atomic mass is 16.1. The molecule has 0 saturated heterocycles. The summed E-state index contributed by atoms with van der Waals surface area (Å²) in [5, 5.41) is 3.69. The van der Waals surface area contributed by atoms with Crippen molar-refractivity contribution in [2.24, 2.45) is 23.7 Å². The number of hydrogen-bond acceptors (Lipinski definition) is 4. The fourth-order valence-corrected chi connectivity index (χ4v) is 6.23. The third kappa shape index (κ3) is 4.70. The molecule has 204 valence electrons. The molecule has 0 heterocycles. The van der Waals surface area contributed by atoms with Crippen molar-refractivity contribution >= 4 is 44.7 Å². The van der Waals surface area contributed by atoms with Crippen molar-refractivity contribution in [2.45, 2.75) is 53.9 Å². The standard InChI is InChI=1S/C25H26O4.C11H10/c1-5-14-10-20(26)15-7-9-18-23-16(6-8-17(22(15)23)24(14)28)21(27)11-19(25(18)29)13(4)12(2)3;1-9-5-4-7-10-6-2-3-8-11(9)10/h6-9,12-14,19H,5,10-11H2,1-4H3;2-8H,1H3. The van der Waals surface area contributed by atoms with E-state index in [0.717, 1.165) is 0 Å². The van der Waals surface area contributed by atoms with Crippen molar-refractivity contribution in [2.75, 3.05) is 0 Å². The Morgan fingerprint density at radius 1 is 0.675 bits per heavy atom. The summed E-state index contributed by atoms with van der Waals surface area (Å²) >= 11 is 0. The highest BCUT2D eigenvalue weighted by Gasteiger charge is 2.38. The lowest BCUT2D eigenvalue weighted by molar-refractivity contribution is 0.0791. The van der Waals surface area contributed by atoms with E-state index in [0.29, 0.717) is 39.4 Å². The molecule has 0 bridgehead atoms. The fourth-order valence-electron chi connectivity index (χ4n) is 6.23. The van der Waals surface area contributed by atoms with Gasteiger partial charge in [-0.2, -0.15) is 0 Å². The number of carbonyl (C=O) groups is 4. The molecule has 0 amide bonds. The SMILES string of the molecule is CCC1CC(=O)c2ccc3c4c(ccc(c24)C1=O)C(=O)CC(C(C)C(C)C)C3=O.Cc1cccc2ccccc12. The minimum atomic E-state index is -0.396. The van der Waals surface area contributed by atoms with Crippen molar-refractivity contribution in [3.8, 4) is 0 Å². The third-order valence-corrected chi connectivity index (χ3v) is 9.02. The molecule has 0 aromatic heterocycles. The van der Waals surface area contributed by atoms with Gasteiger partial charge in [-0.15, -0.1) is 0 Å². The van der Waals surface area contributed by atoms with Crippen molar-refractivity contribution < 1.29 is 19.2 Å². The number of aryl methyl sites for hydroxylation is 1. The van der Waals surface area contributed by atoms with Crippen LogP contribution in [-0.4, -0.2) is 23.1 Å². The average Bonchev–Trinajstić information content (AvgIpc) is 3.13. The summed E-state index contributed by atoms with van der Waals surface area (Å²) in [5.74, 6) is -0.752. The second-order valence-corrected chi connectivity index (χ2v) is 11.7. The molecule has 0 N–H and O–H groups in total. The van der Waals surface area contributed by atoms with Crippen molar-refractivity contribution in [3.05, 3.63) is 94.5 Å². The van der Waals surface area contributed by atoms with Crippen molar-refractivity contribution in [1.82, 2.24) is 0 Å². The van der Waals surface area contributed by atoms with Crippen LogP contribution in [0.25, 0.3) is 21.5 Å². The molecule has 4 nitrogen and oxygen atoms in total. The molecule has 40 heavy (non-hydrogen) atoms. The van der Waals surface area contributed by atoms with Gasteiger partial charge in [-0.1, -0.05) is 94.4 Å². The number of benzene rings is 4. The number of rotatable bonds is 3. The number of hydrogen-bond donors (Lipinski definition) is 0. The van der Waals surface area contributed by atoms with Gasteiger partial charge in [-0.05, 0) is 41.5 Å². The molecule has 4 aromatic carbocycles. The molecule has 0 spiro atoms. The van der Waals surface area contributed by atoms with Crippen molar-refractivity contribution in [1.29, 1.82) is 0 Å². The topological polar surface area (TPSA) is 68.3 Å². The zero-order valence-electron chi connectivity index (χ0n) is 23.9. The Morgan fingerprint density at radius 2 is 1.23 bits per heavy atom. The smallest absolute Gasteiger partial charge is 0.167 e. The van der Waals surface area contributed by atoms with Gasteiger partial charge in [0.1, 0.15) is 0 Å². The second kappa shape index (κ2) is 10.9. The first-order valence-electron chi connectivity index (χ1n) is 14.3. The Labute approximate surface area is 235 Å². The Hall–Kier alpha value is -3.92. The van der Waals surface area contributed by atoms with E-state index in [9.17, 15) is 19.2 Å². The van der Waals surface area contributed by atoms with E-state index < -0.39 is 5.92 Å². The summed E-state index contributed by atoms with van der Waals surface area (Å²) < 4.78 is 0. The maximum atomic E-state index is 13.5. The molecule has 2 aliphatic carbocycles. The summed E-state index contributed by atoms with van der Waals surface area (Å²) in [4.78, 5) is 52.7. The largest absolute Gasteiger partial charge is 0.294 e. The van der Waals surface area contributed by atoms with Crippen LogP contribution in [0.2, 0.25) is 0 Å². The lowest BCUT2D eigenvalue weighted by Gasteiger charge is -2.24. The maximum Gasteiger partial charge on any atom is 0.167 e. The molecular weight excluding hydrogens is 496 g/mol. The average molecular weight is 533 g/mol. The monoisotopic (exact) mass is 532 g/mol. The van der Waals surface area contributed by atoms with E-state index >= 15 is 0 Å². The predicted octanol–water partition coefficient (Wildman–Crippen LogP) is 8.46. The molecular formula is C36H36O4.